The minimum atomic E-state index is -3.92. The summed E-state index contributed by atoms with van der Waals surface area (Å²) in [6, 6.07) is 6.10. The molecule has 0 saturated carbocycles. The number of hydrogen-bond acceptors (Lipinski definition) is 4. The van der Waals surface area contributed by atoms with Crippen molar-refractivity contribution < 1.29 is 22.5 Å². The van der Waals surface area contributed by atoms with Crippen molar-refractivity contribution in [3.05, 3.63) is 29.8 Å². The molecule has 1 aromatic carbocycles. The third kappa shape index (κ3) is 4.98. The molecule has 1 atom stereocenters. The van der Waals surface area contributed by atoms with Crippen LogP contribution in [0.25, 0.3) is 0 Å². The monoisotopic (exact) mass is 312 g/mol. The molecule has 7 nitrogen and oxygen atoms in total. The molecule has 1 rings (SSSR count). The first-order valence-electron chi connectivity index (χ1n) is 5.98. The highest BCUT2D eigenvalue weighted by Crippen LogP contribution is 2.18. The molecule has 0 aliphatic carbocycles. The van der Waals surface area contributed by atoms with E-state index in [4.69, 9.17) is 0 Å². The van der Waals surface area contributed by atoms with Crippen molar-refractivity contribution in [1.29, 1.82) is 0 Å². The summed E-state index contributed by atoms with van der Waals surface area (Å²) in [7, 11) is -2.74. The predicted molar refractivity (Wildman–Crippen MR) is 78.0 cm³/mol. The first-order chi connectivity index (χ1) is 9.76. The molecule has 0 spiro atoms. The average molecular weight is 312 g/mol. The van der Waals surface area contributed by atoms with E-state index in [-0.39, 0.29) is 0 Å². The smallest absolute Gasteiger partial charge is 0.412 e. The Labute approximate surface area is 123 Å². The third-order valence-corrected chi connectivity index (χ3v) is 3.35. The van der Waals surface area contributed by atoms with Gasteiger partial charge in [-0.25, -0.2) is 4.79 Å². The van der Waals surface area contributed by atoms with Gasteiger partial charge in [0.15, 0.2) is 0 Å². The fourth-order valence-corrected chi connectivity index (χ4v) is 1.79. The molecule has 0 radical (unpaired) electrons. The highest BCUT2D eigenvalue weighted by molar-refractivity contribution is 7.84. The van der Waals surface area contributed by atoms with E-state index in [2.05, 4.69) is 10.1 Å². The molecule has 0 aliphatic heterocycles. The lowest BCUT2D eigenvalue weighted by Crippen LogP contribution is -2.37. The second-order valence-corrected chi connectivity index (χ2v) is 5.64. The van der Waals surface area contributed by atoms with Crippen LogP contribution in [0, 0.1) is 19.0 Å². The molecule has 0 aromatic heterocycles. The van der Waals surface area contributed by atoms with E-state index >= 15 is 0 Å². The standard InChI is InChI=1S/C13H16N2O5S/c1-10-5-4-6-12(9-10)15(13(16)17)11(2)7-8-20-21(18,19)14-3/h4-6,9,11,14H,1-3H3,(H,16,17). The zero-order valence-corrected chi connectivity index (χ0v) is 12.6. The van der Waals surface area contributed by atoms with Gasteiger partial charge in [0.25, 0.3) is 0 Å². The Morgan fingerprint density at radius 2 is 2.14 bits per heavy atom. The molecule has 8 heteroatoms. The summed E-state index contributed by atoms with van der Waals surface area (Å²) in [6.45, 7) is 3.36. The van der Waals surface area contributed by atoms with Gasteiger partial charge in [-0.2, -0.15) is 13.1 Å². The predicted octanol–water partition coefficient (Wildman–Crippen LogP) is 1.31. The van der Waals surface area contributed by atoms with Crippen LogP contribution in [0.15, 0.2) is 24.3 Å². The summed E-state index contributed by atoms with van der Waals surface area (Å²) in [6.07, 6.45) is 0.795. The Morgan fingerprint density at radius 3 is 2.67 bits per heavy atom. The first kappa shape index (κ1) is 16.8. The van der Waals surface area contributed by atoms with E-state index in [0.29, 0.717) is 5.69 Å². The largest absolute Gasteiger partial charge is 0.465 e. The number of amides is 1. The van der Waals surface area contributed by atoms with Gasteiger partial charge in [-0.15, -0.1) is 0 Å². The average Bonchev–Trinajstić information content (AvgIpc) is 2.38. The molecule has 114 valence electrons. The second-order valence-electron chi connectivity index (χ2n) is 4.16. The van der Waals surface area contributed by atoms with Gasteiger partial charge < -0.3 is 9.29 Å². The number of hydrogen-bond donors (Lipinski definition) is 2. The minimum Gasteiger partial charge on any atom is -0.465 e. The van der Waals surface area contributed by atoms with Crippen molar-refractivity contribution in [2.45, 2.75) is 19.9 Å². The molecule has 0 fully saturated rings. The molecule has 1 unspecified atom stereocenters. The molecular weight excluding hydrogens is 296 g/mol. The molecule has 0 aliphatic rings. The number of aryl methyl sites for hydroxylation is 1. The van der Waals surface area contributed by atoms with Crippen LogP contribution in [0.1, 0.15) is 12.5 Å². The van der Waals surface area contributed by atoms with Crippen LogP contribution in [0.3, 0.4) is 0 Å². The Morgan fingerprint density at radius 1 is 1.48 bits per heavy atom. The van der Waals surface area contributed by atoms with E-state index in [9.17, 15) is 18.3 Å². The number of rotatable bonds is 4. The number of carboxylic acid groups (broad SMARTS) is 1. The molecule has 0 heterocycles. The maximum atomic E-state index is 11.4. The lowest BCUT2D eigenvalue weighted by atomic mass is 10.2. The van der Waals surface area contributed by atoms with Gasteiger partial charge in [-0.3, -0.25) is 4.90 Å². The molecule has 0 bridgehead atoms. The van der Waals surface area contributed by atoms with Crippen molar-refractivity contribution in [2.75, 3.05) is 11.9 Å². The number of nitrogens with zero attached hydrogens (tertiary/aromatic N) is 1. The first-order valence-corrected chi connectivity index (χ1v) is 7.39. The maximum absolute atomic E-state index is 11.4. The van der Waals surface area contributed by atoms with Gasteiger partial charge >= 0.3 is 16.4 Å². The number of anilines is 1. The van der Waals surface area contributed by atoms with Crippen LogP contribution in [-0.4, -0.2) is 32.7 Å². The van der Waals surface area contributed by atoms with Crippen LogP contribution < -0.4 is 9.62 Å². The van der Waals surface area contributed by atoms with Crippen LogP contribution in [-0.2, 0) is 14.5 Å². The highest BCUT2D eigenvalue weighted by Gasteiger charge is 2.20. The topological polar surface area (TPSA) is 95.9 Å². The minimum absolute atomic E-state index is 0.445. The van der Waals surface area contributed by atoms with Gasteiger partial charge in [0.2, 0.25) is 0 Å². The zero-order chi connectivity index (χ0) is 16.0. The Bertz CT molecular complexity index is 675. The van der Waals surface area contributed by atoms with Crippen LogP contribution >= 0.6 is 0 Å². The van der Waals surface area contributed by atoms with Crippen molar-refractivity contribution in [3.63, 3.8) is 0 Å². The third-order valence-electron chi connectivity index (χ3n) is 2.54. The summed E-state index contributed by atoms with van der Waals surface area (Å²) in [5.74, 6) is 2.43. The molecule has 21 heavy (non-hydrogen) atoms. The molecule has 1 amide bonds. The number of nitrogens with one attached hydrogen (secondary N) is 1. The highest BCUT2D eigenvalue weighted by atomic mass is 32.2. The van der Waals surface area contributed by atoms with E-state index < -0.39 is 22.4 Å². The van der Waals surface area contributed by atoms with E-state index in [1.807, 2.05) is 23.8 Å². The summed E-state index contributed by atoms with van der Waals surface area (Å²) >= 11 is 0. The molecule has 2 N–H and O–H groups in total. The Hall–Kier alpha value is -2.24. The van der Waals surface area contributed by atoms with Gasteiger partial charge in [0.05, 0.1) is 0 Å². The fraction of sp³-hybridized carbons (Fsp3) is 0.308. The van der Waals surface area contributed by atoms with Crippen LogP contribution in [0.2, 0.25) is 0 Å². The number of benzene rings is 1. The quantitative estimate of drug-likeness (QED) is 0.817. The molecular formula is C13H16N2O5S. The summed E-state index contributed by atoms with van der Waals surface area (Å²) in [5.41, 5.74) is 1.34. The Balaban J connectivity index is 2.97. The lowest BCUT2D eigenvalue weighted by Gasteiger charge is -2.22. The second kappa shape index (κ2) is 6.97. The van der Waals surface area contributed by atoms with E-state index in [0.717, 1.165) is 10.5 Å². The fourth-order valence-electron chi connectivity index (χ4n) is 1.55. The van der Waals surface area contributed by atoms with Gasteiger partial charge in [-0.05, 0) is 37.5 Å². The lowest BCUT2D eigenvalue weighted by molar-refractivity contribution is 0.201. The summed E-state index contributed by atoms with van der Waals surface area (Å²) in [4.78, 5) is 12.4. The van der Waals surface area contributed by atoms with Gasteiger partial charge in [0.1, 0.15) is 12.1 Å². The summed E-state index contributed by atoms with van der Waals surface area (Å²) < 4.78 is 28.3. The maximum Gasteiger partial charge on any atom is 0.412 e. The van der Waals surface area contributed by atoms with Crippen molar-refractivity contribution in [3.8, 4) is 12.0 Å². The van der Waals surface area contributed by atoms with Crippen molar-refractivity contribution in [2.24, 2.45) is 0 Å². The summed E-state index contributed by atoms with van der Waals surface area (Å²) in [5, 5.41) is 9.28. The normalized spacial score (nSPS) is 12.0. The molecule has 1 aromatic rings. The van der Waals surface area contributed by atoms with Gasteiger partial charge in [-0.1, -0.05) is 12.1 Å². The van der Waals surface area contributed by atoms with Crippen LogP contribution in [0.5, 0.6) is 0 Å². The van der Waals surface area contributed by atoms with E-state index in [1.165, 1.54) is 14.0 Å². The van der Waals surface area contributed by atoms with Crippen LogP contribution in [0.4, 0.5) is 10.5 Å². The molecule has 0 saturated heterocycles. The Kier molecular flexibility index (Phi) is 5.58. The van der Waals surface area contributed by atoms with Gasteiger partial charge in [0, 0.05) is 12.7 Å². The SMILES string of the molecule is CNS(=O)(=O)OC#CC(C)N(C(=O)O)c1cccc(C)c1. The van der Waals surface area contributed by atoms with E-state index in [1.54, 1.807) is 18.2 Å². The van der Waals surface area contributed by atoms with Crippen molar-refractivity contribution >= 4 is 22.1 Å². The number of carbonyl (C=O) groups is 1. The van der Waals surface area contributed by atoms with Crippen molar-refractivity contribution in [1.82, 2.24) is 4.72 Å². The zero-order valence-electron chi connectivity index (χ0n) is 11.8.